The van der Waals surface area contributed by atoms with Gasteiger partial charge in [0.1, 0.15) is 11.6 Å². The number of anilines is 2. The lowest BCUT2D eigenvalue weighted by Gasteiger charge is -2.25. The predicted molar refractivity (Wildman–Crippen MR) is 179 cm³/mol. The van der Waals surface area contributed by atoms with Crippen molar-refractivity contribution in [1.82, 2.24) is 19.9 Å². The number of carbonyl (C=O) groups excluding carboxylic acids is 1. The summed E-state index contributed by atoms with van der Waals surface area (Å²) >= 11 is 1.67. The smallest absolute Gasteiger partial charge is 0.227 e. The van der Waals surface area contributed by atoms with E-state index in [4.69, 9.17) is 9.97 Å². The molecule has 46 heavy (non-hydrogen) atoms. The Kier molecular flexibility index (Phi) is 8.69. The summed E-state index contributed by atoms with van der Waals surface area (Å²) in [6, 6.07) is 19.3. The van der Waals surface area contributed by atoms with Crippen LogP contribution in [0.1, 0.15) is 70.1 Å². The number of aromatic nitrogens is 3. The minimum absolute atomic E-state index is 0.126. The molecule has 5 aromatic rings. The quantitative estimate of drug-likeness (QED) is 0.172. The molecule has 1 aliphatic heterocycles. The standard InChI is InChI=1S/C37H35F2N5OS/c1-44-18-16-24-13-14-28(21-27(24)22-44)41-37-40-17-15-31(42-37)35-34(43-36(46-35)25-8-3-2-4-9-25)26-10-5-7-23(19-26)20-32(45)33-29(38)11-6-12-30(33)39/h5-7,10-15,17,19,21,25H,2-4,8-9,16,18,20,22H2,1H3,(H,40,41,42). The van der Waals surface area contributed by atoms with E-state index in [0.29, 0.717) is 17.4 Å². The molecular formula is C37H35F2N5OS. The highest BCUT2D eigenvalue weighted by Gasteiger charge is 2.25. The molecule has 9 heteroatoms. The topological polar surface area (TPSA) is 71.0 Å². The number of nitrogens with zero attached hydrogens (tertiary/aromatic N) is 4. The second kappa shape index (κ2) is 13.2. The van der Waals surface area contributed by atoms with Crippen molar-refractivity contribution in [3.05, 3.63) is 112 Å². The number of hydrogen-bond donors (Lipinski definition) is 1. The number of hydrogen-bond acceptors (Lipinski definition) is 7. The molecule has 0 bridgehead atoms. The van der Waals surface area contributed by atoms with Crippen molar-refractivity contribution in [2.75, 3.05) is 18.9 Å². The molecule has 3 aromatic carbocycles. The van der Waals surface area contributed by atoms with E-state index in [1.807, 2.05) is 24.3 Å². The third-order valence-electron chi connectivity index (χ3n) is 8.96. The second-order valence-electron chi connectivity index (χ2n) is 12.3. The van der Waals surface area contributed by atoms with Crippen LogP contribution in [0.5, 0.6) is 0 Å². The van der Waals surface area contributed by atoms with E-state index in [9.17, 15) is 13.6 Å². The Morgan fingerprint density at radius 1 is 0.957 bits per heavy atom. The largest absolute Gasteiger partial charge is 0.324 e. The lowest BCUT2D eigenvalue weighted by atomic mass is 9.90. The Bertz CT molecular complexity index is 1880. The number of carbonyl (C=O) groups is 1. The molecule has 1 fully saturated rings. The number of Topliss-reactive ketones (excluding diaryl/α,β-unsaturated/α-hetero) is 1. The fourth-order valence-electron chi connectivity index (χ4n) is 6.55. The molecule has 0 amide bonds. The highest BCUT2D eigenvalue weighted by atomic mass is 32.1. The van der Waals surface area contributed by atoms with Gasteiger partial charge < -0.3 is 10.2 Å². The van der Waals surface area contributed by atoms with Crippen LogP contribution >= 0.6 is 11.3 Å². The van der Waals surface area contributed by atoms with Crippen LogP contribution in [0.2, 0.25) is 0 Å². The summed E-state index contributed by atoms with van der Waals surface area (Å²) in [6.07, 6.45) is 8.54. The summed E-state index contributed by atoms with van der Waals surface area (Å²) in [5.41, 5.74) is 6.18. The van der Waals surface area contributed by atoms with Gasteiger partial charge in [-0.2, -0.15) is 0 Å². The van der Waals surface area contributed by atoms with Gasteiger partial charge in [0.05, 0.1) is 26.8 Å². The maximum Gasteiger partial charge on any atom is 0.227 e. The summed E-state index contributed by atoms with van der Waals surface area (Å²) in [7, 11) is 2.14. The maximum absolute atomic E-state index is 14.3. The fraction of sp³-hybridized carbons (Fsp3) is 0.297. The van der Waals surface area contributed by atoms with E-state index in [2.05, 4.69) is 40.4 Å². The molecule has 1 saturated carbocycles. The molecule has 234 valence electrons. The third kappa shape index (κ3) is 6.48. The molecule has 2 aromatic heterocycles. The van der Waals surface area contributed by atoms with Gasteiger partial charge in [0.2, 0.25) is 5.95 Å². The number of benzene rings is 3. The Morgan fingerprint density at radius 2 is 1.76 bits per heavy atom. The monoisotopic (exact) mass is 635 g/mol. The summed E-state index contributed by atoms with van der Waals surface area (Å²) in [5.74, 6) is -1.40. The summed E-state index contributed by atoms with van der Waals surface area (Å²) < 4.78 is 28.7. The lowest BCUT2D eigenvalue weighted by Crippen LogP contribution is -2.26. The Hall–Kier alpha value is -4.34. The molecule has 0 spiro atoms. The minimum Gasteiger partial charge on any atom is -0.324 e. The van der Waals surface area contributed by atoms with Crippen molar-refractivity contribution in [3.63, 3.8) is 0 Å². The van der Waals surface area contributed by atoms with Gasteiger partial charge >= 0.3 is 0 Å². The van der Waals surface area contributed by atoms with E-state index in [-0.39, 0.29) is 6.42 Å². The van der Waals surface area contributed by atoms with Crippen LogP contribution in [0.15, 0.2) is 72.9 Å². The van der Waals surface area contributed by atoms with E-state index in [1.54, 1.807) is 23.6 Å². The molecule has 0 radical (unpaired) electrons. The van der Waals surface area contributed by atoms with E-state index in [1.165, 1.54) is 36.5 Å². The normalized spacial score (nSPS) is 15.5. The first kappa shape index (κ1) is 30.3. The van der Waals surface area contributed by atoms with Crippen LogP contribution in [-0.4, -0.2) is 39.2 Å². The highest BCUT2D eigenvalue weighted by Crippen LogP contribution is 2.42. The number of ketones is 1. The molecule has 1 aliphatic carbocycles. The van der Waals surface area contributed by atoms with E-state index in [0.717, 1.165) is 77.0 Å². The number of likely N-dealkylation sites (N-methyl/N-ethyl adjacent to an activating group) is 1. The predicted octanol–water partition coefficient (Wildman–Crippen LogP) is 8.75. The van der Waals surface area contributed by atoms with Gasteiger partial charge in [-0.15, -0.1) is 11.3 Å². The van der Waals surface area contributed by atoms with Crippen LogP contribution < -0.4 is 5.32 Å². The maximum atomic E-state index is 14.3. The van der Waals surface area contributed by atoms with Crippen molar-refractivity contribution < 1.29 is 13.6 Å². The van der Waals surface area contributed by atoms with Gasteiger partial charge in [0, 0.05) is 42.9 Å². The number of rotatable bonds is 8. The van der Waals surface area contributed by atoms with E-state index >= 15 is 0 Å². The lowest BCUT2D eigenvalue weighted by molar-refractivity contribution is 0.0985. The van der Waals surface area contributed by atoms with Gasteiger partial charge in [-0.25, -0.2) is 23.7 Å². The third-order valence-corrected chi connectivity index (χ3v) is 10.2. The summed E-state index contributed by atoms with van der Waals surface area (Å²) in [4.78, 5) is 30.9. The zero-order valence-electron chi connectivity index (χ0n) is 25.7. The summed E-state index contributed by atoms with van der Waals surface area (Å²) in [6.45, 7) is 1.98. The van der Waals surface area contributed by atoms with Crippen LogP contribution in [0.25, 0.3) is 21.8 Å². The Balaban J connectivity index is 1.21. The molecule has 3 heterocycles. The molecule has 7 rings (SSSR count). The number of nitrogens with one attached hydrogen (secondary N) is 1. The molecule has 0 atom stereocenters. The average molecular weight is 636 g/mol. The fourth-order valence-corrected chi connectivity index (χ4v) is 7.77. The molecule has 0 unspecified atom stereocenters. The Labute approximate surface area is 271 Å². The first-order valence-electron chi connectivity index (χ1n) is 15.9. The van der Waals surface area contributed by atoms with Crippen LogP contribution in [0.3, 0.4) is 0 Å². The van der Waals surface area contributed by atoms with Gasteiger partial charge in [0.15, 0.2) is 5.78 Å². The second-order valence-corrected chi connectivity index (χ2v) is 13.4. The minimum atomic E-state index is -0.851. The molecule has 2 aliphatic rings. The van der Waals surface area contributed by atoms with Crippen LogP contribution in [-0.2, 0) is 19.4 Å². The van der Waals surface area contributed by atoms with Crippen molar-refractivity contribution in [2.24, 2.45) is 0 Å². The van der Waals surface area contributed by atoms with Crippen molar-refractivity contribution >= 4 is 28.8 Å². The van der Waals surface area contributed by atoms with Crippen LogP contribution in [0, 0.1) is 11.6 Å². The first-order valence-corrected chi connectivity index (χ1v) is 16.7. The molecule has 1 N–H and O–H groups in total. The van der Waals surface area contributed by atoms with Gasteiger partial charge in [0.25, 0.3) is 0 Å². The van der Waals surface area contributed by atoms with Gasteiger partial charge in [-0.1, -0.05) is 49.6 Å². The zero-order chi connectivity index (χ0) is 31.6. The van der Waals surface area contributed by atoms with Crippen LogP contribution in [0.4, 0.5) is 20.4 Å². The summed E-state index contributed by atoms with van der Waals surface area (Å²) in [5, 5.41) is 4.50. The number of halogens is 2. The SMILES string of the molecule is CN1CCc2ccc(Nc3nccc(-c4sc(C5CCCCC5)nc4-c4cccc(CC(=O)c5c(F)cccc5F)c4)n3)cc2C1. The van der Waals surface area contributed by atoms with Crippen molar-refractivity contribution in [3.8, 4) is 21.8 Å². The molecule has 0 saturated heterocycles. The average Bonchev–Trinajstić information content (AvgIpc) is 3.51. The van der Waals surface area contributed by atoms with Gasteiger partial charge in [-0.3, -0.25) is 4.79 Å². The molecule has 6 nitrogen and oxygen atoms in total. The zero-order valence-corrected chi connectivity index (χ0v) is 26.5. The van der Waals surface area contributed by atoms with E-state index < -0.39 is 23.0 Å². The number of thiazole rings is 1. The number of fused-ring (bicyclic) bond motifs is 1. The van der Waals surface area contributed by atoms with Crippen molar-refractivity contribution in [2.45, 2.75) is 57.4 Å². The molecular weight excluding hydrogens is 601 g/mol. The van der Waals surface area contributed by atoms with Crippen molar-refractivity contribution in [1.29, 1.82) is 0 Å². The first-order chi connectivity index (χ1) is 22.4. The highest BCUT2D eigenvalue weighted by molar-refractivity contribution is 7.15. The van der Waals surface area contributed by atoms with Gasteiger partial charge in [-0.05, 0) is 79.4 Å². The Morgan fingerprint density at radius 3 is 2.59 bits per heavy atom.